The highest BCUT2D eigenvalue weighted by Crippen LogP contribution is 2.37. The van der Waals surface area contributed by atoms with Gasteiger partial charge in [-0.1, -0.05) is 41.9 Å². The molecule has 1 fully saturated rings. The van der Waals surface area contributed by atoms with Gasteiger partial charge < -0.3 is 19.3 Å². The van der Waals surface area contributed by atoms with Crippen LogP contribution in [0.2, 0.25) is 5.02 Å². The Labute approximate surface area is 236 Å². The third-order valence-corrected chi connectivity index (χ3v) is 7.56. The van der Waals surface area contributed by atoms with E-state index in [1.54, 1.807) is 19.1 Å². The molecule has 206 valence electrons. The zero-order valence-electron chi connectivity index (χ0n) is 22.0. The molecule has 0 bridgehead atoms. The van der Waals surface area contributed by atoms with Gasteiger partial charge in [0.25, 0.3) is 0 Å². The SMILES string of the molecule is CCOc1c(C(=O)O)cnn1-c1cccc(-c2cccc(Cl)c2OCc2ccc3c(c2)CCN(C2COC2)C3)n1. The number of aromatic nitrogens is 3. The topological polar surface area (TPSA) is 98.9 Å². The maximum atomic E-state index is 11.6. The molecular weight excluding hydrogens is 532 g/mol. The van der Waals surface area contributed by atoms with Crippen molar-refractivity contribution in [3.8, 4) is 28.7 Å². The van der Waals surface area contributed by atoms with Crippen LogP contribution in [0.4, 0.5) is 0 Å². The molecule has 0 spiro atoms. The number of rotatable bonds is 9. The number of aromatic carboxylic acids is 1. The summed E-state index contributed by atoms with van der Waals surface area (Å²) in [6, 6.07) is 18.0. The lowest BCUT2D eigenvalue weighted by Crippen LogP contribution is -2.50. The van der Waals surface area contributed by atoms with Gasteiger partial charge in [0.2, 0.25) is 5.88 Å². The fourth-order valence-electron chi connectivity index (χ4n) is 5.09. The predicted octanol–water partition coefficient (Wildman–Crippen LogP) is 5.02. The van der Waals surface area contributed by atoms with Crippen LogP contribution in [-0.4, -0.2) is 63.1 Å². The number of ether oxygens (including phenoxy) is 3. The molecule has 9 nitrogen and oxygen atoms in total. The molecule has 0 unspecified atom stereocenters. The van der Waals surface area contributed by atoms with E-state index in [1.807, 2.05) is 24.3 Å². The van der Waals surface area contributed by atoms with Gasteiger partial charge in [-0.25, -0.2) is 9.78 Å². The number of hydrogen-bond acceptors (Lipinski definition) is 7. The summed E-state index contributed by atoms with van der Waals surface area (Å²) in [5.41, 5.74) is 5.08. The van der Waals surface area contributed by atoms with Crippen molar-refractivity contribution in [3.63, 3.8) is 0 Å². The summed E-state index contributed by atoms with van der Waals surface area (Å²) in [5, 5.41) is 14.2. The molecule has 0 amide bonds. The molecule has 2 aliphatic rings. The number of carboxylic acids is 1. The monoisotopic (exact) mass is 560 g/mol. The molecule has 10 heteroatoms. The second kappa shape index (κ2) is 11.3. The summed E-state index contributed by atoms with van der Waals surface area (Å²) in [7, 11) is 0. The molecule has 2 aliphatic heterocycles. The minimum absolute atomic E-state index is 0.0318. The van der Waals surface area contributed by atoms with Crippen molar-refractivity contribution in [2.75, 3.05) is 26.4 Å². The summed E-state index contributed by atoms with van der Waals surface area (Å²) < 4.78 is 18.6. The minimum atomic E-state index is -1.12. The highest BCUT2D eigenvalue weighted by atomic mass is 35.5. The molecule has 2 aromatic carbocycles. The lowest BCUT2D eigenvalue weighted by Gasteiger charge is -2.40. The Morgan fingerprint density at radius 2 is 1.98 bits per heavy atom. The highest BCUT2D eigenvalue weighted by Gasteiger charge is 2.29. The van der Waals surface area contributed by atoms with Crippen molar-refractivity contribution in [2.24, 2.45) is 0 Å². The van der Waals surface area contributed by atoms with E-state index in [4.69, 9.17) is 30.8 Å². The number of halogens is 1. The summed E-state index contributed by atoms with van der Waals surface area (Å²) in [6.45, 7) is 6.09. The first kappa shape index (κ1) is 26.3. The van der Waals surface area contributed by atoms with Crippen molar-refractivity contribution < 1.29 is 24.1 Å². The average molecular weight is 561 g/mol. The molecule has 0 saturated carbocycles. The van der Waals surface area contributed by atoms with Crippen LogP contribution in [0.5, 0.6) is 11.6 Å². The van der Waals surface area contributed by atoms with Crippen molar-refractivity contribution >= 4 is 17.6 Å². The van der Waals surface area contributed by atoms with Gasteiger partial charge in [0.05, 0.1) is 42.8 Å². The normalized spacial score (nSPS) is 15.3. The van der Waals surface area contributed by atoms with Gasteiger partial charge in [-0.2, -0.15) is 9.78 Å². The number of carboxylic acid groups (broad SMARTS) is 1. The molecule has 0 radical (unpaired) electrons. The van der Waals surface area contributed by atoms with E-state index in [0.29, 0.717) is 40.5 Å². The Kier molecular flexibility index (Phi) is 7.42. The number of pyridine rings is 1. The van der Waals surface area contributed by atoms with Crippen molar-refractivity contribution in [1.29, 1.82) is 0 Å². The quantitative estimate of drug-likeness (QED) is 0.305. The van der Waals surface area contributed by atoms with Gasteiger partial charge in [-0.05, 0) is 54.3 Å². The number of carbonyl (C=O) groups is 1. The van der Waals surface area contributed by atoms with Crippen molar-refractivity contribution in [1.82, 2.24) is 19.7 Å². The van der Waals surface area contributed by atoms with Crippen LogP contribution in [0.25, 0.3) is 17.1 Å². The van der Waals surface area contributed by atoms with E-state index in [-0.39, 0.29) is 18.1 Å². The van der Waals surface area contributed by atoms with E-state index < -0.39 is 5.97 Å². The van der Waals surface area contributed by atoms with Crippen LogP contribution >= 0.6 is 11.6 Å². The summed E-state index contributed by atoms with van der Waals surface area (Å²) in [6.07, 6.45) is 2.27. The first-order valence-corrected chi connectivity index (χ1v) is 13.6. The molecule has 4 heterocycles. The lowest BCUT2D eigenvalue weighted by atomic mass is 9.96. The third kappa shape index (κ3) is 5.15. The van der Waals surface area contributed by atoms with Crippen molar-refractivity contribution in [2.45, 2.75) is 32.5 Å². The Morgan fingerprint density at radius 1 is 1.12 bits per heavy atom. The van der Waals surface area contributed by atoms with E-state index in [0.717, 1.165) is 38.3 Å². The largest absolute Gasteiger partial charge is 0.487 e. The standard InChI is InChI=1S/C30H29ClN4O5/c1-2-39-29-24(30(36)37)14-32-35(29)27-8-4-7-26(33-27)23-5-3-6-25(31)28(23)40-16-19-9-10-21-15-34(22-17-38-18-22)12-11-20(21)13-19/h3-10,13-14,22H,2,11-12,15-18H2,1H3,(H,36,37). The maximum Gasteiger partial charge on any atom is 0.342 e. The van der Waals surface area contributed by atoms with Gasteiger partial charge in [-0.15, -0.1) is 0 Å². The van der Waals surface area contributed by atoms with Crippen LogP contribution in [0.15, 0.2) is 60.8 Å². The van der Waals surface area contributed by atoms with Crippen LogP contribution in [0, 0.1) is 0 Å². The minimum Gasteiger partial charge on any atom is -0.487 e. The van der Waals surface area contributed by atoms with Gasteiger partial charge in [0.1, 0.15) is 17.9 Å². The smallest absolute Gasteiger partial charge is 0.342 e. The predicted molar refractivity (Wildman–Crippen MR) is 149 cm³/mol. The van der Waals surface area contributed by atoms with E-state index in [1.165, 1.54) is 22.0 Å². The van der Waals surface area contributed by atoms with Crippen LogP contribution in [0.3, 0.4) is 0 Å². The lowest BCUT2D eigenvalue weighted by molar-refractivity contribution is -0.0695. The Hall–Kier alpha value is -3.92. The highest BCUT2D eigenvalue weighted by molar-refractivity contribution is 6.32. The van der Waals surface area contributed by atoms with Gasteiger partial charge in [0, 0.05) is 18.7 Å². The molecule has 0 aliphatic carbocycles. The second-order valence-electron chi connectivity index (χ2n) is 9.81. The third-order valence-electron chi connectivity index (χ3n) is 7.26. The maximum absolute atomic E-state index is 11.6. The molecule has 6 rings (SSSR count). The van der Waals surface area contributed by atoms with Crippen molar-refractivity contribution in [3.05, 3.63) is 88.1 Å². The molecule has 0 atom stereocenters. The summed E-state index contributed by atoms with van der Waals surface area (Å²) in [4.78, 5) is 18.9. The molecular formula is C30H29ClN4O5. The summed E-state index contributed by atoms with van der Waals surface area (Å²) in [5.74, 6) is -0.0568. The zero-order chi connectivity index (χ0) is 27.6. The zero-order valence-corrected chi connectivity index (χ0v) is 22.8. The Balaban J connectivity index is 1.24. The fourth-order valence-corrected chi connectivity index (χ4v) is 5.32. The second-order valence-corrected chi connectivity index (χ2v) is 10.2. The number of benzene rings is 2. The Bertz CT molecular complexity index is 1550. The van der Waals surface area contributed by atoms with Gasteiger partial charge in [-0.3, -0.25) is 4.90 Å². The molecule has 1 N–H and O–H groups in total. The molecule has 2 aromatic heterocycles. The summed E-state index contributed by atoms with van der Waals surface area (Å²) >= 11 is 6.62. The molecule has 1 saturated heterocycles. The average Bonchev–Trinajstić information content (AvgIpc) is 3.35. The van der Waals surface area contributed by atoms with Gasteiger partial charge >= 0.3 is 5.97 Å². The molecule has 4 aromatic rings. The van der Waals surface area contributed by atoms with Crippen LogP contribution < -0.4 is 9.47 Å². The van der Waals surface area contributed by atoms with Crippen LogP contribution in [0.1, 0.15) is 34.0 Å². The molecule has 40 heavy (non-hydrogen) atoms. The first-order valence-electron chi connectivity index (χ1n) is 13.3. The number of nitrogens with zero attached hydrogens (tertiary/aromatic N) is 4. The van der Waals surface area contributed by atoms with Crippen LogP contribution in [-0.2, 0) is 24.3 Å². The number of fused-ring (bicyclic) bond motifs is 1. The first-order chi connectivity index (χ1) is 19.5. The van der Waals surface area contributed by atoms with E-state index in [9.17, 15) is 9.90 Å². The van der Waals surface area contributed by atoms with E-state index >= 15 is 0 Å². The van der Waals surface area contributed by atoms with E-state index in [2.05, 4.69) is 28.2 Å². The fraction of sp³-hybridized carbons (Fsp3) is 0.300. The number of para-hydroxylation sites is 1. The Morgan fingerprint density at radius 3 is 2.75 bits per heavy atom. The number of hydrogen-bond donors (Lipinski definition) is 1. The van der Waals surface area contributed by atoms with Gasteiger partial charge in [0.15, 0.2) is 5.82 Å².